The van der Waals surface area contributed by atoms with Crippen molar-refractivity contribution in [3.8, 4) is 5.75 Å². The van der Waals surface area contributed by atoms with Crippen molar-refractivity contribution < 1.29 is 17.9 Å². The summed E-state index contributed by atoms with van der Waals surface area (Å²) in [6, 6.07) is 18.9. The fourth-order valence-electron chi connectivity index (χ4n) is 4.61. The van der Waals surface area contributed by atoms with Gasteiger partial charge in [0, 0.05) is 0 Å². The van der Waals surface area contributed by atoms with Crippen LogP contribution in [0.1, 0.15) is 48.9 Å². The minimum atomic E-state index is -4.03. The Labute approximate surface area is 218 Å². The van der Waals surface area contributed by atoms with Crippen LogP contribution in [0.2, 0.25) is 5.02 Å². The van der Waals surface area contributed by atoms with Crippen molar-refractivity contribution >= 4 is 33.2 Å². The molecule has 0 bridgehead atoms. The number of fused-ring (bicyclic) bond motifs is 1. The Hall–Kier alpha value is -3.03. The number of hydrogen-bond acceptors (Lipinski definition) is 4. The topological polar surface area (TPSA) is 75.7 Å². The number of nitrogens with one attached hydrogen (secondary N) is 1. The Balaban J connectivity index is 1.61. The Morgan fingerprint density at radius 2 is 1.75 bits per heavy atom. The number of nitrogens with zero attached hydrogens (tertiary/aromatic N) is 1. The molecule has 190 valence electrons. The molecular formula is C28H31ClN2O4S. The number of carbonyl (C=O) groups is 1. The second-order valence-electron chi connectivity index (χ2n) is 8.91. The van der Waals surface area contributed by atoms with Crippen LogP contribution in [-0.2, 0) is 27.7 Å². The summed E-state index contributed by atoms with van der Waals surface area (Å²) in [5.74, 6) is 0.0198. The second kappa shape index (κ2) is 11.4. The monoisotopic (exact) mass is 526 g/mol. The van der Waals surface area contributed by atoms with E-state index in [2.05, 4.69) is 23.5 Å². The number of aryl methyl sites for hydroxylation is 2. The van der Waals surface area contributed by atoms with Crippen LogP contribution in [0.3, 0.4) is 0 Å². The largest absolute Gasteiger partial charge is 0.495 e. The minimum Gasteiger partial charge on any atom is -0.495 e. The van der Waals surface area contributed by atoms with E-state index in [1.807, 2.05) is 6.92 Å². The number of anilines is 1. The highest BCUT2D eigenvalue weighted by Gasteiger charge is 2.28. The van der Waals surface area contributed by atoms with E-state index >= 15 is 0 Å². The van der Waals surface area contributed by atoms with E-state index in [-0.39, 0.29) is 28.2 Å². The van der Waals surface area contributed by atoms with Crippen molar-refractivity contribution in [3.05, 3.63) is 88.4 Å². The second-order valence-corrected chi connectivity index (χ2v) is 11.2. The number of rotatable bonds is 9. The standard InChI is InChI=1S/C28H31ClN2O4S/c1-3-26(22-14-13-20-9-7-8-10-21(20)17-22)30-28(32)19-31(23-15-16-27(35-2)25(29)18-23)36(33,34)24-11-5-4-6-12-24/h4-6,11-18,26H,3,7-10,19H2,1-2H3,(H,30,32). The summed E-state index contributed by atoms with van der Waals surface area (Å²) in [7, 11) is -2.55. The van der Waals surface area contributed by atoms with Gasteiger partial charge in [-0.1, -0.05) is 54.9 Å². The quantitative estimate of drug-likeness (QED) is 0.388. The number of carbonyl (C=O) groups excluding carboxylic acids is 1. The van der Waals surface area contributed by atoms with Crippen LogP contribution in [0.25, 0.3) is 0 Å². The van der Waals surface area contributed by atoms with Crippen molar-refractivity contribution in [2.24, 2.45) is 0 Å². The van der Waals surface area contributed by atoms with E-state index in [1.165, 1.54) is 49.3 Å². The molecule has 3 aromatic carbocycles. The molecule has 1 aliphatic rings. The van der Waals surface area contributed by atoms with Gasteiger partial charge in [0.05, 0.1) is 28.8 Å². The van der Waals surface area contributed by atoms with Gasteiger partial charge in [-0.2, -0.15) is 0 Å². The third kappa shape index (κ3) is 5.68. The van der Waals surface area contributed by atoms with Gasteiger partial charge in [-0.05, 0) is 79.1 Å². The first-order valence-corrected chi connectivity index (χ1v) is 14.0. The van der Waals surface area contributed by atoms with Crippen molar-refractivity contribution in [3.63, 3.8) is 0 Å². The summed E-state index contributed by atoms with van der Waals surface area (Å²) >= 11 is 6.30. The van der Waals surface area contributed by atoms with E-state index in [9.17, 15) is 13.2 Å². The molecule has 0 radical (unpaired) electrons. The SMILES string of the molecule is CCC(NC(=O)CN(c1ccc(OC)c(Cl)c1)S(=O)(=O)c1ccccc1)c1ccc2c(c1)CCCC2. The predicted octanol–water partition coefficient (Wildman–Crippen LogP) is 5.69. The molecular weight excluding hydrogens is 496 g/mol. The van der Waals surface area contributed by atoms with Crippen molar-refractivity contribution in [1.82, 2.24) is 5.32 Å². The van der Waals surface area contributed by atoms with E-state index < -0.39 is 15.9 Å². The van der Waals surface area contributed by atoms with E-state index in [4.69, 9.17) is 16.3 Å². The third-order valence-corrected chi connectivity index (χ3v) is 8.64. The number of hydrogen-bond donors (Lipinski definition) is 1. The average Bonchev–Trinajstić information content (AvgIpc) is 2.90. The molecule has 6 nitrogen and oxygen atoms in total. The number of benzene rings is 3. The maximum atomic E-state index is 13.6. The zero-order chi connectivity index (χ0) is 25.7. The Morgan fingerprint density at radius 3 is 2.42 bits per heavy atom. The molecule has 1 unspecified atom stereocenters. The molecule has 3 aromatic rings. The molecule has 0 saturated heterocycles. The summed E-state index contributed by atoms with van der Waals surface area (Å²) < 4.78 is 33.5. The average molecular weight is 527 g/mol. The number of sulfonamides is 1. The van der Waals surface area contributed by atoms with E-state index in [0.717, 1.165) is 22.7 Å². The zero-order valence-corrected chi connectivity index (χ0v) is 22.1. The Bertz CT molecular complexity index is 1330. The molecule has 0 aliphatic heterocycles. The van der Waals surface area contributed by atoms with Gasteiger partial charge in [0.25, 0.3) is 10.0 Å². The van der Waals surface area contributed by atoms with Gasteiger partial charge in [0.2, 0.25) is 5.91 Å². The molecule has 0 spiro atoms. The summed E-state index contributed by atoms with van der Waals surface area (Å²) in [6.45, 7) is 1.62. The van der Waals surface area contributed by atoms with Crippen LogP contribution >= 0.6 is 11.6 Å². The smallest absolute Gasteiger partial charge is 0.264 e. The Morgan fingerprint density at radius 1 is 1.03 bits per heavy atom. The highest BCUT2D eigenvalue weighted by molar-refractivity contribution is 7.92. The minimum absolute atomic E-state index is 0.0893. The molecule has 0 heterocycles. The lowest BCUT2D eigenvalue weighted by atomic mass is 9.89. The van der Waals surface area contributed by atoms with Crippen LogP contribution in [0.5, 0.6) is 5.75 Å². The van der Waals surface area contributed by atoms with Gasteiger partial charge in [0.15, 0.2) is 0 Å². The summed E-state index contributed by atoms with van der Waals surface area (Å²) in [4.78, 5) is 13.4. The van der Waals surface area contributed by atoms with Gasteiger partial charge in [-0.25, -0.2) is 8.42 Å². The normalized spacial score (nSPS) is 14.0. The Kier molecular flexibility index (Phi) is 8.21. The molecule has 4 rings (SSSR count). The molecule has 0 aromatic heterocycles. The van der Waals surface area contributed by atoms with Gasteiger partial charge in [-0.3, -0.25) is 9.10 Å². The molecule has 8 heteroatoms. The van der Waals surface area contributed by atoms with Gasteiger partial charge >= 0.3 is 0 Å². The zero-order valence-electron chi connectivity index (χ0n) is 20.5. The number of amides is 1. The fraction of sp³-hybridized carbons (Fsp3) is 0.321. The van der Waals surface area contributed by atoms with Crippen LogP contribution in [0, 0.1) is 0 Å². The molecule has 1 amide bonds. The first-order valence-electron chi connectivity index (χ1n) is 12.2. The lowest BCUT2D eigenvalue weighted by Gasteiger charge is -2.26. The van der Waals surface area contributed by atoms with Crippen LogP contribution < -0.4 is 14.4 Å². The molecule has 1 aliphatic carbocycles. The molecule has 0 saturated carbocycles. The van der Waals surface area contributed by atoms with Crippen molar-refractivity contribution in [2.45, 2.75) is 50.0 Å². The van der Waals surface area contributed by atoms with Gasteiger partial charge in [0.1, 0.15) is 12.3 Å². The maximum Gasteiger partial charge on any atom is 0.264 e. The maximum absolute atomic E-state index is 13.6. The number of methoxy groups -OCH3 is 1. The van der Waals surface area contributed by atoms with Crippen LogP contribution in [0.4, 0.5) is 5.69 Å². The van der Waals surface area contributed by atoms with Gasteiger partial charge in [-0.15, -0.1) is 0 Å². The van der Waals surface area contributed by atoms with E-state index in [0.29, 0.717) is 12.2 Å². The molecule has 36 heavy (non-hydrogen) atoms. The fourth-order valence-corrected chi connectivity index (χ4v) is 6.29. The highest BCUT2D eigenvalue weighted by atomic mass is 35.5. The van der Waals surface area contributed by atoms with Crippen molar-refractivity contribution in [1.29, 1.82) is 0 Å². The third-order valence-electron chi connectivity index (χ3n) is 6.56. The molecule has 1 N–H and O–H groups in total. The molecule has 0 fully saturated rings. The summed E-state index contributed by atoms with van der Waals surface area (Å²) in [6.07, 6.45) is 5.21. The van der Waals surface area contributed by atoms with E-state index in [1.54, 1.807) is 30.3 Å². The highest BCUT2D eigenvalue weighted by Crippen LogP contribution is 2.32. The predicted molar refractivity (Wildman–Crippen MR) is 143 cm³/mol. The number of halogens is 1. The van der Waals surface area contributed by atoms with Crippen molar-refractivity contribution in [2.75, 3.05) is 18.0 Å². The summed E-state index contributed by atoms with van der Waals surface area (Å²) in [5, 5.41) is 3.30. The van der Waals surface area contributed by atoms with Gasteiger partial charge < -0.3 is 10.1 Å². The summed E-state index contributed by atoms with van der Waals surface area (Å²) in [5.41, 5.74) is 4.04. The van der Waals surface area contributed by atoms with Crippen LogP contribution in [0.15, 0.2) is 71.6 Å². The first-order chi connectivity index (χ1) is 17.3. The first kappa shape index (κ1) is 26.0. The molecule has 1 atom stereocenters. The number of ether oxygens (including phenoxy) is 1. The lowest BCUT2D eigenvalue weighted by Crippen LogP contribution is -2.42. The lowest BCUT2D eigenvalue weighted by molar-refractivity contribution is -0.120. The van der Waals surface area contributed by atoms with Crippen LogP contribution in [-0.4, -0.2) is 28.0 Å².